The van der Waals surface area contributed by atoms with Crippen molar-refractivity contribution in [2.45, 2.75) is 13.3 Å². The Kier molecular flexibility index (Phi) is 4.56. The average Bonchev–Trinajstić information content (AvgIpc) is 2.26. The van der Waals surface area contributed by atoms with Crippen LogP contribution in [-0.4, -0.2) is 28.6 Å². The molecule has 0 saturated heterocycles. The van der Waals surface area contributed by atoms with Crippen molar-refractivity contribution in [2.24, 2.45) is 5.92 Å². The molecule has 0 saturated carbocycles. The molecule has 1 heterocycles. The van der Waals surface area contributed by atoms with Gasteiger partial charge in [0.25, 0.3) is 0 Å². The van der Waals surface area contributed by atoms with Gasteiger partial charge in [0.15, 0.2) is 5.92 Å². The first kappa shape index (κ1) is 13.1. The molecule has 1 atom stereocenters. The minimum absolute atomic E-state index is 0.101. The summed E-state index contributed by atoms with van der Waals surface area (Å²) in [4.78, 5) is 25.8. The molecule has 0 radical (unpaired) electrons. The fourth-order valence-electron chi connectivity index (χ4n) is 1.32. The van der Waals surface area contributed by atoms with Gasteiger partial charge in [0, 0.05) is 6.20 Å². The Morgan fingerprint density at radius 1 is 1.53 bits per heavy atom. The Hall–Kier alpha value is -1.98. The van der Waals surface area contributed by atoms with Gasteiger partial charge < -0.3 is 9.84 Å². The topological polar surface area (TPSA) is 76.5 Å². The number of rotatable bonds is 5. The van der Waals surface area contributed by atoms with Gasteiger partial charge in [-0.2, -0.15) is 0 Å². The van der Waals surface area contributed by atoms with Crippen molar-refractivity contribution < 1.29 is 23.8 Å². The van der Waals surface area contributed by atoms with Crippen molar-refractivity contribution in [3.8, 4) is 0 Å². The summed E-state index contributed by atoms with van der Waals surface area (Å²) in [5.41, 5.74) is 0.338. The van der Waals surface area contributed by atoms with E-state index in [9.17, 15) is 14.0 Å². The minimum atomic E-state index is -1.33. The van der Waals surface area contributed by atoms with Crippen molar-refractivity contribution in [3.05, 3.63) is 29.8 Å². The van der Waals surface area contributed by atoms with Crippen LogP contribution in [0.4, 0.5) is 4.39 Å². The van der Waals surface area contributed by atoms with E-state index in [1.54, 1.807) is 6.92 Å². The van der Waals surface area contributed by atoms with Gasteiger partial charge >= 0.3 is 11.9 Å². The van der Waals surface area contributed by atoms with Crippen LogP contribution in [0, 0.1) is 11.7 Å². The third-order valence-electron chi connectivity index (χ3n) is 2.07. The van der Waals surface area contributed by atoms with E-state index in [1.807, 2.05) is 0 Å². The molecule has 1 N–H and O–H groups in total. The van der Waals surface area contributed by atoms with E-state index in [4.69, 9.17) is 5.11 Å². The number of esters is 1. The van der Waals surface area contributed by atoms with Crippen LogP contribution in [-0.2, 0) is 20.7 Å². The number of aromatic nitrogens is 1. The smallest absolute Gasteiger partial charge is 0.320 e. The zero-order valence-electron chi connectivity index (χ0n) is 9.22. The van der Waals surface area contributed by atoms with Crippen molar-refractivity contribution in [1.29, 1.82) is 0 Å². The molecule has 1 aromatic rings. The number of ether oxygens (including phenoxy) is 1. The second-order valence-corrected chi connectivity index (χ2v) is 3.36. The van der Waals surface area contributed by atoms with Crippen LogP contribution in [0.25, 0.3) is 0 Å². The molecule has 6 heteroatoms. The van der Waals surface area contributed by atoms with Crippen LogP contribution in [0.15, 0.2) is 18.5 Å². The third-order valence-corrected chi connectivity index (χ3v) is 2.07. The molecule has 0 bridgehead atoms. The number of carboxylic acids is 1. The summed E-state index contributed by atoms with van der Waals surface area (Å²) < 4.78 is 17.5. The van der Waals surface area contributed by atoms with Gasteiger partial charge in [0.1, 0.15) is 5.82 Å². The van der Waals surface area contributed by atoms with Gasteiger partial charge in [0.05, 0.1) is 12.8 Å². The fourth-order valence-corrected chi connectivity index (χ4v) is 1.32. The number of aliphatic carboxylic acids is 1. The van der Waals surface area contributed by atoms with Crippen LogP contribution in [0.1, 0.15) is 12.5 Å². The summed E-state index contributed by atoms with van der Waals surface area (Å²) >= 11 is 0. The molecule has 0 aliphatic rings. The minimum Gasteiger partial charge on any atom is -0.481 e. The molecule has 1 rings (SSSR count). The molecule has 17 heavy (non-hydrogen) atoms. The average molecular weight is 241 g/mol. The highest BCUT2D eigenvalue weighted by Crippen LogP contribution is 2.11. The number of carboxylic acid groups (broad SMARTS) is 1. The summed E-state index contributed by atoms with van der Waals surface area (Å²) in [6, 6.07) is 1.14. The summed E-state index contributed by atoms with van der Waals surface area (Å²) in [6.07, 6.45) is 2.18. The first-order valence-electron chi connectivity index (χ1n) is 5.03. The monoisotopic (exact) mass is 241 g/mol. The maximum Gasteiger partial charge on any atom is 0.320 e. The van der Waals surface area contributed by atoms with Crippen molar-refractivity contribution in [2.75, 3.05) is 6.61 Å². The van der Waals surface area contributed by atoms with Crippen LogP contribution in [0.2, 0.25) is 0 Å². The first-order chi connectivity index (χ1) is 8.04. The molecular formula is C11H12FNO4. The lowest BCUT2D eigenvalue weighted by atomic mass is 10.0. The quantitative estimate of drug-likeness (QED) is 0.615. The summed E-state index contributed by atoms with van der Waals surface area (Å²) in [6.45, 7) is 1.69. The van der Waals surface area contributed by atoms with Crippen LogP contribution >= 0.6 is 0 Å². The standard InChI is InChI=1S/C11H12FNO4/c1-2-17-11(16)9(10(14)15)4-7-3-8(12)6-13-5-7/h3,5-6,9H,2,4H2,1H3,(H,14,15). The summed E-state index contributed by atoms with van der Waals surface area (Å²) in [5.74, 6) is -4.04. The Morgan fingerprint density at radius 3 is 2.76 bits per heavy atom. The number of halogens is 1. The van der Waals surface area contributed by atoms with E-state index < -0.39 is 23.7 Å². The zero-order valence-corrected chi connectivity index (χ0v) is 9.22. The Labute approximate surface area is 97.2 Å². The molecule has 0 aromatic carbocycles. The Bertz CT molecular complexity index is 422. The lowest BCUT2D eigenvalue weighted by Crippen LogP contribution is -2.28. The van der Waals surface area contributed by atoms with E-state index in [0.29, 0.717) is 5.56 Å². The Balaban J connectivity index is 2.80. The van der Waals surface area contributed by atoms with Gasteiger partial charge in [-0.3, -0.25) is 14.6 Å². The molecule has 0 aliphatic heterocycles. The molecule has 0 spiro atoms. The van der Waals surface area contributed by atoms with Gasteiger partial charge in [-0.1, -0.05) is 0 Å². The SMILES string of the molecule is CCOC(=O)C(Cc1cncc(F)c1)C(=O)O. The van der Waals surface area contributed by atoms with E-state index in [-0.39, 0.29) is 13.0 Å². The van der Waals surface area contributed by atoms with E-state index in [1.165, 1.54) is 6.20 Å². The molecule has 0 fully saturated rings. The molecule has 92 valence electrons. The van der Waals surface area contributed by atoms with Gasteiger partial charge in [0.2, 0.25) is 0 Å². The maximum absolute atomic E-state index is 12.8. The van der Waals surface area contributed by atoms with Crippen molar-refractivity contribution in [3.63, 3.8) is 0 Å². The highest BCUT2D eigenvalue weighted by atomic mass is 19.1. The maximum atomic E-state index is 12.8. The van der Waals surface area contributed by atoms with Crippen molar-refractivity contribution >= 4 is 11.9 Å². The number of carbonyl (C=O) groups is 2. The molecule has 5 nitrogen and oxygen atoms in total. The highest BCUT2D eigenvalue weighted by Gasteiger charge is 2.28. The van der Waals surface area contributed by atoms with Gasteiger partial charge in [-0.25, -0.2) is 4.39 Å². The number of hydrogen-bond acceptors (Lipinski definition) is 4. The molecule has 0 amide bonds. The van der Waals surface area contributed by atoms with E-state index in [0.717, 1.165) is 12.3 Å². The van der Waals surface area contributed by atoms with E-state index >= 15 is 0 Å². The van der Waals surface area contributed by atoms with E-state index in [2.05, 4.69) is 9.72 Å². The second kappa shape index (κ2) is 5.93. The number of hydrogen-bond donors (Lipinski definition) is 1. The number of carbonyl (C=O) groups excluding carboxylic acids is 1. The summed E-state index contributed by atoms with van der Waals surface area (Å²) in [7, 11) is 0. The zero-order chi connectivity index (χ0) is 12.8. The highest BCUT2D eigenvalue weighted by molar-refractivity contribution is 5.94. The molecule has 0 aliphatic carbocycles. The molecular weight excluding hydrogens is 229 g/mol. The van der Waals surface area contributed by atoms with Gasteiger partial charge in [-0.15, -0.1) is 0 Å². The lowest BCUT2D eigenvalue weighted by molar-refractivity contribution is -0.158. The van der Waals surface area contributed by atoms with Crippen LogP contribution in [0.3, 0.4) is 0 Å². The largest absolute Gasteiger partial charge is 0.481 e. The van der Waals surface area contributed by atoms with Crippen LogP contribution in [0.5, 0.6) is 0 Å². The third kappa shape index (κ3) is 3.82. The molecule has 1 unspecified atom stereocenters. The normalized spacial score (nSPS) is 11.9. The van der Waals surface area contributed by atoms with Crippen LogP contribution < -0.4 is 0 Å². The first-order valence-corrected chi connectivity index (χ1v) is 5.03. The van der Waals surface area contributed by atoms with Crippen molar-refractivity contribution in [1.82, 2.24) is 4.98 Å². The van der Waals surface area contributed by atoms with Gasteiger partial charge in [-0.05, 0) is 25.0 Å². The Morgan fingerprint density at radius 2 is 2.24 bits per heavy atom. The number of pyridine rings is 1. The summed E-state index contributed by atoms with van der Waals surface area (Å²) in [5, 5.41) is 8.89. The fraction of sp³-hybridized carbons (Fsp3) is 0.364. The predicted octanol–water partition coefficient (Wildman–Crippen LogP) is 1.03. The predicted molar refractivity (Wildman–Crippen MR) is 55.7 cm³/mol. The second-order valence-electron chi connectivity index (χ2n) is 3.36. The molecule has 1 aromatic heterocycles. The lowest BCUT2D eigenvalue weighted by Gasteiger charge is -2.10. The number of nitrogens with zero attached hydrogens (tertiary/aromatic N) is 1.